The van der Waals surface area contributed by atoms with Crippen molar-refractivity contribution in [1.82, 2.24) is 10.2 Å². The van der Waals surface area contributed by atoms with E-state index in [1.807, 2.05) is 0 Å². The first-order chi connectivity index (χ1) is 10.6. The van der Waals surface area contributed by atoms with Crippen molar-refractivity contribution in [3.63, 3.8) is 0 Å². The van der Waals surface area contributed by atoms with E-state index in [0.717, 1.165) is 45.3 Å². The van der Waals surface area contributed by atoms with E-state index in [-0.39, 0.29) is 11.9 Å². The summed E-state index contributed by atoms with van der Waals surface area (Å²) >= 11 is 0. The minimum Gasteiger partial charge on any atom is -0.481 e. The molecule has 2 amide bonds. The van der Waals surface area contributed by atoms with Crippen LogP contribution in [0.1, 0.15) is 38.5 Å². The Morgan fingerprint density at radius 1 is 1.27 bits per heavy atom. The third-order valence-electron chi connectivity index (χ3n) is 5.75. The summed E-state index contributed by atoms with van der Waals surface area (Å²) in [7, 11) is 0. The van der Waals surface area contributed by atoms with Crippen molar-refractivity contribution in [2.45, 2.75) is 38.5 Å². The molecule has 3 fully saturated rings. The van der Waals surface area contributed by atoms with E-state index < -0.39 is 11.4 Å². The van der Waals surface area contributed by atoms with Crippen LogP contribution in [0.3, 0.4) is 0 Å². The van der Waals surface area contributed by atoms with E-state index in [1.54, 1.807) is 4.90 Å². The van der Waals surface area contributed by atoms with E-state index in [0.29, 0.717) is 32.0 Å². The molecule has 0 bridgehead atoms. The number of hydrogen-bond donors (Lipinski definition) is 2. The van der Waals surface area contributed by atoms with Crippen LogP contribution in [0, 0.1) is 17.3 Å². The molecular formula is C16H26N2O4. The molecule has 2 atom stereocenters. The molecular weight excluding hydrogens is 284 g/mol. The van der Waals surface area contributed by atoms with Crippen LogP contribution in [0.4, 0.5) is 4.79 Å². The van der Waals surface area contributed by atoms with Gasteiger partial charge < -0.3 is 20.1 Å². The fourth-order valence-electron chi connectivity index (χ4n) is 4.32. The van der Waals surface area contributed by atoms with E-state index in [9.17, 15) is 14.7 Å². The second-order valence-corrected chi connectivity index (χ2v) is 7.01. The molecule has 0 aromatic rings. The van der Waals surface area contributed by atoms with Crippen molar-refractivity contribution in [2.24, 2.45) is 17.3 Å². The van der Waals surface area contributed by atoms with E-state index in [2.05, 4.69) is 5.32 Å². The number of carbonyl (C=O) groups excluding carboxylic acids is 1. The highest BCUT2D eigenvalue weighted by Gasteiger charge is 2.55. The number of hydrogen-bond acceptors (Lipinski definition) is 3. The molecule has 1 aliphatic carbocycles. The molecule has 124 valence electrons. The Kier molecular flexibility index (Phi) is 4.57. The number of carbonyl (C=O) groups is 2. The van der Waals surface area contributed by atoms with Crippen LogP contribution in [0.15, 0.2) is 0 Å². The van der Waals surface area contributed by atoms with Crippen molar-refractivity contribution in [1.29, 1.82) is 0 Å². The smallest absolute Gasteiger partial charge is 0.317 e. The van der Waals surface area contributed by atoms with Crippen LogP contribution in [-0.4, -0.2) is 54.9 Å². The molecule has 3 aliphatic rings. The number of amides is 2. The molecule has 2 N–H and O–H groups in total. The average Bonchev–Trinajstić information content (AvgIpc) is 3.06. The highest BCUT2D eigenvalue weighted by molar-refractivity contribution is 5.80. The van der Waals surface area contributed by atoms with Gasteiger partial charge in [0.05, 0.1) is 5.41 Å². The SMILES string of the molecule is O=C(NCCC1CCOCC1)N1C[C@@H]2CCC[C@@]2(C(=O)O)C1. The largest absolute Gasteiger partial charge is 0.481 e. The highest BCUT2D eigenvalue weighted by atomic mass is 16.5. The fraction of sp³-hybridized carbons (Fsp3) is 0.875. The van der Waals surface area contributed by atoms with Crippen LogP contribution in [-0.2, 0) is 9.53 Å². The Labute approximate surface area is 131 Å². The second-order valence-electron chi connectivity index (χ2n) is 7.01. The van der Waals surface area contributed by atoms with Gasteiger partial charge in [-0.05, 0) is 43.9 Å². The summed E-state index contributed by atoms with van der Waals surface area (Å²) in [5.74, 6) is 0.0381. The van der Waals surface area contributed by atoms with Gasteiger partial charge in [-0.1, -0.05) is 6.42 Å². The van der Waals surface area contributed by atoms with Gasteiger partial charge in [-0.2, -0.15) is 0 Å². The topological polar surface area (TPSA) is 78.9 Å². The maximum absolute atomic E-state index is 12.3. The number of likely N-dealkylation sites (tertiary alicyclic amines) is 1. The molecule has 22 heavy (non-hydrogen) atoms. The van der Waals surface area contributed by atoms with Crippen LogP contribution in [0.5, 0.6) is 0 Å². The number of ether oxygens (including phenoxy) is 1. The minimum atomic E-state index is -0.729. The summed E-state index contributed by atoms with van der Waals surface area (Å²) in [5.41, 5.74) is -0.682. The molecule has 0 unspecified atom stereocenters. The Morgan fingerprint density at radius 2 is 2.05 bits per heavy atom. The van der Waals surface area contributed by atoms with Crippen LogP contribution in [0.25, 0.3) is 0 Å². The minimum absolute atomic E-state index is 0.0953. The first-order valence-corrected chi connectivity index (χ1v) is 8.46. The number of carboxylic acids is 1. The lowest BCUT2D eigenvalue weighted by molar-refractivity contribution is -0.149. The van der Waals surface area contributed by atoms with Crippen molar-refractivity contribution in [3.8, 4) is 0 Å². The van der Waals surface area contributed by atoms with Crippen molar-refractivity contribution in [2.75, 3.05) is 32.8 Å². The Balaban J connectivity index is 1.46. The molecule has 1 saturated carbocycles. The number of urea groups is 1. The van der Waals surface area contributed by atoms with Gasteiger partial charge in [0.15, 0.2) is 0 Å². The number of aliphatic carboxylic acids is 1. The van der Waals surface area contributed by atoms with E-state index >= 15 is 0 Å². The van der Waals surface area contributed by atoms with E-state index in [4.69, 9.17) is 4.74 Å². The first kappa shape index (κ1) is 15.6. The summed E-state index contributed by atoms with van der Waals surface area (Å²) in [6, 6.07) is -0.0953. The lowest BCUT2D eigenvalue weighted by Crippen LogP contribution is -2.42. The predicted octanol–water partition coefficient (Wildman–Crippen LogP) is 1.70. The van der Waals surface area contributed by atoms with Gasteiger partial charge in [0.1, 0.15) is 0 Å². The predicted molar refractivity (Wildman–Crippen MR) is 80.5 cm³/mol. The third kappa shape index (κ3) is 2.93. The van der Waals surface area contributed by atoms with E-state index in [1.165, 1.54) is 0 Å². The quantitative estimate of drug-likeness (QED) is 0.828. The normalized spacial score (nSPS) is 32.0. The molecule has 0 aromatic heterocycles. The van der Waals surface area contributed by atoms with Crippen LogP contribution >= 0.6 is 0 Å². The first-order valence-electron chi connectivity index (χ1n) is 8.46. The molecule has 2 heterocycles. The molecule has 2 aliphatic heterocycles. The zero-order chi connectivity index (χ0) is 15.6. The summed E-state index contributed by atoms with van der Waals surface area (Å²) in [6.45, 7) is 3.29. The van der Waals surface area contributed by atoms with Crippen molar-refractivity contribution >= 4 is 12.0 Å². The van der Waals surface area contributed by atoms with Gasteiger partial charge >= 0.3 is 12.0 Å². The maximum Gasteiger partial charge on any atom is 0.317 e. The second kappa shape index (κ2) is 6.44. The van der Waals surface area contributed by atoms with Crippen molar-refractivity contribution < 1.29 is 19.4 Å². The van der Waals surface area contributed by atoms with Gasteiger partial charge in [-0.25, -0.2) is 4.79 Å². The third-order valence-corrected chi connectivity index (χ3v) is 5.75. The van der Waals surface area contributed by atoms with Gasteiger partial charge in [0.2, 0.25) is 0 Å². The standard InChI is InChI=1S/C16H26N2O4/c19-14(20)16-6-1-2-13(16)10-18(11-16)15(21)17-7-3-12-4-8-22-9-5-12/h12-13H,1-11H2,(H,17,21)(H,19,20)/t13-,16+/m0/s1. The lowest BCUT2D eigenvalue weighted by atomic mass is 9.81. The molecule has 0 spiro atoms. The molecule has 2 saturated heterocycles. The number of fused-ring (bicyclic) bond motifs is 1. The average molecular weight is 310 g/mol. The molecule has 6 nitrogen and oxygen atoms in total. The number of nitrogens with zero attached hydrogens (tertiary/aromatic N) is 1. The highest BCUT2D eigenvalue weighted by Crippen LogP contribution is 2.48. The monoisotopic (exact) mass is 310 g/mol. The molecule has 3 rings (SSSR count). The lowest BCUT2D eigenvalue weighted by Gasteiger charge is -2.24. The Hall–Kier alpha value is -1.30. The van der Waals surface area contributed by atoms with Crippen LogP contribution in [0.2, 0.25) is 0 Å². The summed E-state index contributed by atoms with van der Waals surface area (Å²) in [5, 5.41) is 12.5. The Morgan fingerprint density at radius 3 is 2.73 bits per heavy atom. The van der Waals surface area contributed by atoms with Gasteiger partial charge in [-0.3, -0.25) is 4.79 Å². The molecule has 0 aromatic carbocycles. The van der Waals surface area contributed by atoms with Gasteiger partial charge in [0.25, 0.3) is 0 Å². The Bertz CT molecular complexity index is 436. The number of nitrogens with one attached hydrogen (secondary N) is 1. The fourth-order valence-corrected chi connectivity index (χ4v) is 4.32. The van der Waals surface area contributed by atoms with Gasteiger partial charge in [0, 0.05) is 32.8 Å². The zero-order valence-electron chi connectivity index (χ0n) is 13.1. The number of rotatable bonds is 4. The zero-order valence-corrected chi connectivity index (χ0v) is 13.1. The van der Waals surface area contributed by atoms with Crippen LogP contribution < -0.4 is 5.32 Å². The number of carboxylic acid groups (broad SMARTS) is 1. The summed E-state index contributed by atoms with van der Waals surface area (Å²) in [6.07, 6.45) is 5.73. The van der Waals surface area contributed by atoms with Crippen molar-refractivity contribution in [3.05, 3.63) is 0 Å². The molecule has 6 heteroatoms. The summed E-state index contributed by atoms with van der Waals surface area (Å²) in [4.78, 5) is 25.6. The molecule has 0 radical (unpaired) electrons. The summed E-state index contributed by atoms with van der Waals surface area (Å²) < 4.78 is 5.33. The maximum atomic E-state index is 12.3. The van der Waals surface area contributed by atoms with Gasteiger partial charge in [-0.15, -0.1) is 0 Å².